The van der Waals surface area contributed by atoms with Crippen molar-refractivity contribution in [2.45, 2.75) is 32.5 Å². The number of halogens is 1. The summed E-state index contributed by atoms with van der Waals surface area (Å²) in [6.45, 7) is 8.38. The first kappa shape index (κ1) is 14.4. The molecule has 1 saturated heterocycles. The van der Waals surface area contributed by atoms with E-state index in [1.54, 1.807) is 12.1 Å². The Morgan fingerprint density at radius 3 is 3.05 bits per heavy atom. The van der Waals surface area contributed by atoms with Gasteiger partial charge in [-0.15, -0.1) is 0 Å². The zero-order chi connectivity index (χ0) is 13.7. The van der Waals surface area contributed by atoms with Crippen molar-refractivity contribution >= 4 is 0 Å². The summed E-state index contributed by atoms with van der Waals surface area (Å²) >= 11 is 0. The molecule has 106 valence electrons. The summed E-state index contributed by atoms with van der Waals surface area (Å²) in [4.78, 5) is 2.37. The number of nitrogens with one attached hydrogen (secondary N) is 1. The largest absolute Gasteiger partial charge is 0.378 e. The van der Waals surface area contributed by atoms with Gasteiger partial charge in [0.2, 0.25) is 0 Å². The number of ether oxygens (including phenoxy) is 1. The van der Waals surface area contributed by atoms with Crippen LogP contribution in [-0.4, -0.2) is 43.3 Å². The highest BCUT2D eigenvalue weighted by Gasteiger charge is 2.23. The normalized spacial score (nSPS) is 20.9. The molecule has 0 radical (unpaired) electrons. The van der Waals surface area contributed by atoms with Gasteiger partial charge in [0.1, 0.15) is 5.82 Å². The molecule has 1 atom stereocenters. The number of hydrogen-bond donors (Lipinski definition) is 1. The number of rotatable bonds is 5. The Bertz CT molecular complexity index is 397. The fourth-order valence-electron chi connectivity index (χ4n) is 2.33. The predicted molar refractivity (Wildman–Crippen MR) is 74.6 cm³/mol. The lowest BCUT2D eigenvalue weighted by atomic mass is 10.1. The second-order valence-corrected chi connectivity index (χ2v) is 5.39. The second kappa shape index (κ2) is 6.98. The van der Waals surface area contributed by atoms with Crippen LogP contribution in [0.4, 0.5) is 4.39 Å². The van der Waals surface area contributed by atoms with Crippen molar-refractivity contribution in [3.8, 4) is 0 Å². The molecule has 1 aromatic rings. The molecule has 0 aromatic heterocycles. The van der Waals surface area contributed by atoms with Crippen molar-refractivity contribution in [1.29, 1.82) is 0 Å². The average molecular weight is 266 g/mol. The number of nitrogens with zero attached hydrogens (tertiary/aromatic N) is 1. The van der Waals surface area contributed by atoms with E-state index in [-0.39, 0.29) is 5.82 Å². The van der Waals surface area contributed by atoms with Gasteiger partial charge in [0.25, 0.3) is 0 Å². The van der Waals surface area contributed by atoms with Crippen LogP contribution in [0.15, 0.2) is 24.3 Å². The number of hydrogen-bond acceptors (Lipinski definition) is 3. The van der Waals surface area contributed by atoms with Crippen LogP contribution in [0, 0.1) is 5.82 Å². The summed E-state index contributed by atoms with van der Waals surface area (Å²) in [6.07, 6.45) is 0. The maximum Gasteiger partial charge on any atom is 0.123 e. The molecule has 1 aliphatic rings. The first-order chi connectivity index (χ1) is 9.15. The third-order valence-corrected chi connectivity index (χ3v) is 3.39. The van der Waals surface area contributed by atoms with Gasteiger partial charge in [-0.2, -0.15) is 0 Å². The van der Waals surface area contributed by atoms with Gasteiger partial charge in [0.15, 0.2) is 0 Å². The van der Waals surface area contributed by atoms with E-state index in [0.29, 0.717) is 12.1 Å². The van der Waals surface area contributed by atoms with Crippen molar-refractivity contribution in [3.63, 3.8) is 0 Å². The maximum atomic E-state index is 13.2. The van der Waals surface area contributed by atoms with Crippen molar-refractivity contribution < 1.29 is 9.13 Å². The lowest BCUT2D eigenvalue weighted by molar-refractivity contribution is -0.0115. The Balaban J connectivity index is 1.95. The van der Waals surface area contributed by atoms with Crippen molar-refractivity contribution in [1.82, 2.24) is 10.2 Å². The molecule has 1 aliphatic heterocycles. The minimum absolute atomic E-state index is 0.164. The SMILES string of the molecule is CC(C)NCC1COCCN1Cc1cccc(F)c1. The van der Waals surface area contributed by atoms with E-state index in [1.807, 2.05) is 6.07 Å². The first-order valence-corrected chi connectivity index (χ1v) is 6.95. The highest BCUT2D eigenvalue weighted by atomic mass is 19.1. The smallest absolute Gasteiger partial charge is 0.123 e. The van der Waals surface area contributed by atoms with Crippen LogP contribution in [0.5, 0.6) is 0 Å². The summed E-state index contributed by atoms with van der Waals surface area (Å²) in [7, 11) is 0. The highest BCUT2D eigenvalue weighted by Crippen LogP contribution is 2.13. The lowest BCUT2D eigenvalue weighted by Gasteiger charge is -2.36. The molecule has 0 aliphatic carbocycles. The second-order valence-electron chi connectivity index (χ2n) is 5.39. The van der Waals surface area contributed by atoms with Crippen LogP contribution in [-0.2, 0) is 11.3 Å². The van der Waals surface area contributed by atoms with Gasteiger partial charge in [0, 0.05) is 31.7 Å². The summed E-state index contributed by atoms with van der Waals surface area (Å²) in [5.74, 6) is -0.164. The topological polar surface area (TPSA) is 24.5 Å². The molecule has 1 aromatic carbocycles. The molecule has 0 saturated carbocycles. The molecule has 1 unspecified atom stereocenters. The zero-order valence-electron chi connectivity index (χ0n) is 11.7. The standard InChI is InChI=1S/C15H23FN2O/c1-12(2)17-9-15-11-19-7-6-18(15)10-13-4-3-5-14(16)8-13/h3-5,8,12,15,17H,6-7,9-11H2,1-2H3. The molecular formula is C15H23FN2O. The predicted octanol–water partition coefficient (Wildman–Crippen LogP) is 2.02. The number of benzene rings is 1. The first-order valence-electron chi connectivity index (χ1n) is 6.95. The maximum absolute atomic E-state index is 13.2. The molecular weight excluding hydrogens is 243 g/mol. The fraction of sp³-hybridized carbons (Fsp3) is 0.600. The van der Waals surface area contributed by atoms with Crippen LogP contribution in [0.1, 0.15) is 19.4 Å². The van der Waals surface area contributed by atoms with Crippen LogP contribution in [0.3, 0.4) is 0 Å². The molecule has 1 N–H and O–H groups in total. The van der Waals surface area contributed by atoms with Gasteiger partial charge < -0.3 is 10.1 Å². The third-order valence-electron chi connectivity index (χ3n) is 3.39. The molecule has 4 heteroatoms. The lowest BCUT2D eigenvalue weighted by Crippen LogP contribution is -2.50. The van der Waals surface area contributed by atoms with Gasteiger partial charge in [0.05, 0.1) is 13.2 Å². The Labute approximate surface area is 114 Å². The van der Waals surface area contributed by atoms with E-state index >= 15 is 0 Å². The summed E-state index contributed by atoms with van der Waals surface area (Å²) in [5, 5.41) is 3.45. The fourth-order valence-corrected chi connectivity index (χ4v) is 2.33. The summed E-state index contributed by atoms with van der Waals surface area (Å²) in [5.41, 5.74) is 1.02. The van der Waals surface area contributed by atoms with Crippen LogP contribution < -0.4 is 5.32 Å². The molecule has 2 rings (SSSR count). The highest BCUT2D eigenvalue weighted by molar-refractivity contribution is 5.16. The monoisotopic (exact) mass is 266 g/mol. The number of morpholine rings is 1. The Kier molecular flexibility index (Phi) is 5.31. The molecule has 0 spiro atoms. The summed E-state index contributed by atoms with van der Waals surface area (Å²) in [6, 6.07) is 7.68. The van der Waals surface area contributed by atoms with Crippen molar-refractivity contribution in [3.05, 3.63) is 35.6 Å². The molecule has 19 heavy (non-hydrogen) atoms. The van der Waals surface area contributed by atoms with Crippen molar-refractivity contribution in [2.24, 2.45) is 0 Å². The van der Waals surface area contributed by atoms with E-state index in [2.05, 4.69) is 24.1 Å². The van der Waals surface area contributed by atoms with Crippen molar-refractivity contribution in [2.75, 3.05) is 26.3 Å². The van der Waals surface area contributed by atoms with E-state index < -0.39 is 0 Å². The van der Waals surface area contributed by atoms with Gasteiger partial charge in [-0.25, -0.2) is 4.39 Å². The Hall–Kier alpha value is -0.970. The van der Waals surface area contributed by atoms with E-state index in [4.69, 9.17) is 4.74 Å². The van der Waals surface area contributed by atoms with Gasteiger partial charge in [-0.1, -0.05) is 26.0 Å². The van der Waals surface area contributed by atoms with Gasteiger partial charge in [-0.3, -0.25) is 4.90 Å². The molecule has 3 nitrogen and oxygen atoms in total. The van der Waals surface area contributed by atoms with E-state index in [1.165, 1.54) is 6.07 Å². The van der Waals surface area contributed by atoms with E-state index in [0.717, 1.165) is 38.4 Å². The molecule has 0 bridgehead atoms. The zero-order valence-corrected chi connectivity index (χ0v) is 11.7. The Morgan fingerprint density at radius 2 is 2.32 bits per heavy atom. The molecule has 0 amide bonds. The minimum atomic E-state index is -0.164. The van der Waals surface area contributed by atoms with Gasteiger partial charge >= 0.3 is 0 Å². The minimum Gasteiger partial charge on any atom is -0.378 e. The Morgan fingerprint density at radius 1 is 1.47 bits per heavy atom. The molecule has 1 heterocycles. The quantitative estimate of drug-likeness (QED) is 0.882. The average Bonchev–Trinajstić information content (AvgIpc) is 2.38. The van der Waals surface area contributed by atoms with Gasteiger partial charge in [-0.05, 0) is 17.7 Å². The van der Waals surface area contributed by atoms with Crippen LogP contribution in [0.25, 0.3) is 0 Å². The third kappa shape index (κ3) is 4.56. The summed E-state index contributed by atoms with van der Waals surface area (Å²) < 4.78 is 18.8. The molecule has 1 fully saturated rings. The van der Waals surface area contributed by atoms with E-state index in [9.17, 15) is 4.39 Å². The van der Waals surface area contributed by atoms with Crippen LogP contribution >= 0.6 is 0 Å². The van der Waals surface area contributed by atoms with Crippen LogP contribution in [0.2, 0.25) is 0 Å².